The molecule has 172 valence electrons. The number of ether oxygens (including phenoxy) is 3. The number of rotatable bonds is 12. The average Bonchev–Trinajstić information content (AvgIpc) is 2.64. The molecule has 0 unspecified atom stereocenters. The second-order valence-corrected chi connectivity index (χ2v) is 10.2. The molecule has 0 radical (unpaired) electrons. The zero-order chi connectivity index (χ0) is 23.1. The Balaban J connectivity index is 1.89. The first-order valence-corrected chi connectivity index (χ1v) is 11.7. The Morgan fingerprint density at radius 2 is 1.03 bits per heavy atom. The summed E-state index contributed by atoms with van der Waals surface area (Å²) in [5.41, 5.74) is 2.16. The van der Waals surface area contributed by atoms with Crippen LogP contribution in [0.25, 0.3) is 0 Å². The van der Waals surface area contributed by atoms with E-state index in [0.29, 0.717) is 0 Å². The minimum atomic E-state index is -0.207. The van der Waals surface area contributed by atoms with Crippen LogP contribution < -0.4 is 9.47 Å². The third-order valence-electron chi connectivity index (χ3n) is 5.12. The maximum Gasteiger partial charge on any atom is 0.119 e. The van der Waals surface area contributed by atoms with Crippen molar-refractivity contribution >= 4 is 0 Å². The van der Waals surface area contributed by atoms with Gasteiger partial charge in [0.15, 0.2) is 0 Å². The monoisotopic (exact) mass is 426 g/mol. The summed E-state index contributed by atoms with van der Waals surface area (Å²) >= 11 is 0. The van der Waals surface area contributed by atoms with Gasteiger partial charge in [0.1, 0.15) is 11.5 Å². The molecule has 2 aromatic carbocycles. The predicted molar refractivity (Wildman–Crippen MR) is 130 cm³/mol. The molecule has 0 spiro atoms. The van der Waals surface area contributed by atoms with E-state index >= 15 is 0 Å². The largest absolute Gasteiger partial charge is 0.491 e. The molecule has 0 fully saturated rings. The molecule has 2 aromatic rings. The van der Waals surface area contributed by atoms with Crippen LogP contribution in [0.2, 0.25) is 0 Å². The average molecular weight is 427 g/mol. The van der Waals surface area contributed by atoms with Crippen LogP contribution in [0, 0.1) is 0 Å². The lowest BCUT2D eigenvalue weighted by atomic mass is 9.94. The van der Waals surface area contributed by atoms with Crippen molar-refractivity contribution in [2.75, 3.05) is 0 Å². The van der Waals surface area contributed by atoms with Crippen LogP contribution in [-0.4, -0.2) is 23.4 Å². The van der Waals surface area contributed by atoms with Gasteiger partial charge < -0.3 is 14.2 Å². The summed E-state index contributed by atoms with van der Waals surface area (Å²) in [5.74, 6) is 1.88. The molecule has 0 saturated heterocycles. The first-order valence-electron chi connectivity index (χ1n) is 11.7. The standard InChI is InChI=1S/C28H42O3/c1-21(2)29-25-13-9-11-23(19-25)15-17-27(5,6)31-28(7,8)18-16-24-12-10-14-26(20-24)30-22(3)4/h9-14,19-22H,15-18H2,1-8H3. The smallest absolute Gasteiger partial charge is 0.119 e. The Morgan fingerprint density at radius 1 is 0.645 bits per heavy atom. The fourth-order valence-electron chi connectivity index (χ4n) is 3.83. The van der Waals surface area contributed by atoms with E-state index in [0.717, 1.165) is 37.2 Å². The maximum absolute atomic E-state index is 6.60. The Hall–Kier alpha value is -2.00. The molecular formula is C28H42O3. The van der Waals surface area contributed by atoms with Gasteiger partial charge >= 0.3 is 0 Å². The zero-order valence-electron chi connectivity index (χ0n) is 20.8. The van der Waals surface area contributed by atoms with Gasteiger partial charge in [-0.2, -0.15) is 0 Å². The van der Waals surface area contributed by atoms with E-state index in [-0.39, 0.29) is 23.4 Å². The Labute approximate surface area is 190 Å². The second-order valence-electron chi connectivity index (χ2n) is 10.2. The molecule has 0 aromatic heterocycles. The number of hydrogen-bond donors (Lipinski definition) is 0. The Bertz CT molecular complexity index is 738. The first-order chi connectivity index (χ1) is 14.4. The quantitative estimate of drug-likeness (QED) is 0.354. The minimum Gasteiger partial charge on any atom is -0.491 e. The molecule has 0 aliphatic carbocycles. The van der Waals surface area contributed by atoms with Crippen LogP contribution >= 0.6 is 0 Å². The molecule has 0 saturated carbocycles. The highest BCUT2D eigenvalue weighted by molar-refractivity contribution is 5.29. The van der Waals surface area contributed by atoms with Crippen LogP contribution in [0.1, 0.15) is 79.4 Å². The molecular weight excluding hydrogens is 384 g/mol. The summed E-state index contributed by atoms with van der Waals surface area (Å²) in [5, 5.41) is 0. The van der Waals surface area contributed by atoms with E-state index in [1.807, 2.05) is 12.1 Å². The van der Waals surface area contributed by atoms with Gasteiger partial charge in [-0.05, 0) is 116 Å². The van der Waals surface area contributed by atoms with Gasteiger partial charge in [0.2, 0.25) is 0 Å². The Morgan fingerprint density at radius 3 is 1.39 bits per heavy atom. The van der Waals surface area contributed by atoms with E-state index in [1.165, 1.54) is 11.1 Å². The summed E-state index contributed by atoms with van der Waals surface area (Å²) in [6.45, 7) is 17.0. The van der Waals surface area contributed by atoms with Crippen molar-refractivity contribution in [3.63, 3.8) is 0 Å². The van der Waals surface area contributed by atoms with Crippen molar-refractivity contribution in [2.45, 2.75) is 104 Å². The number of benzene rings is 2. The van der Waals surface area contributed by atoms with Gasteiger partial charge in [0, 0.05) is 0 Å². The molecule has 2 rings (SSSR count). The van der Waals surface area contributed by atoms with Gasteiger partial charge in [-0.25, -0.2) is 0 Å². The van der Waals surface area contributed by atoms with Gasteiger partial charge in [-0.3, -0.25) is 0 Å². The molecule has 3 heteroatoms. The Kier molecular flexibility index (Phi) is 9.00. The number of hydrogen-bond acceptors (Lipinski definition) is 3. The molecule has 31 heavy (non-hydrogen) atoms. The van der Waals surface area contributed by atoms with Crippen LogP contribution in [0.3, 0.4) is 0 Å². The predicted octanol–water partition coefficient (Wildman–Crippen LogP) is 7.40. The van der Waals surface area contributed by atoms with Gasteiger partial charge in [0.25, 0.3) is 0 Å². The van der Waals surface area contributed by atoms with E-state index in [9.17, 15) is 0 Å². The molecule has 3 nitrogen and oxygen atoms in total. The minimum absolute atomic E-state index is 0.188. The normalized spacial score (nSPS) is 12.5. The molecule has 0 atom stereocenters. The van der Waals surface area contributed by atoms with Crippen molar-refractivity contribution < 1.29 is 14.2 Å². The highest BCUT2D eigenvalue weighted by Crippen LogP contribution is 2.29. The van der Waals surface area contributed by atoms with E-state index in [4.69, 9.17) is 14.2 Å². The van der Waals surface area contributed by atoms with Crippen molar-refractivity contribution in [1.29, 1.82) is 0 Å². The zero-order valence-corrected chi connectivity index (χ0v) is 20.8. The maximum atomic E-state index is 6.60. The van der Waals surface area contributed by atoms with Gasteiger partial charge in [-0.15, -0.1) is 0 Å². The van der Waals surface area contributed by atoms with Crippen LogP contribution in [0.15, 0.2) is 48.5 Å². The van der Waals surface area contributed by atoms with Crippen molar-refractivity contribution in [1.82, 2.24) is 0 Å². The van der Waals surface area contributed by atoms with Gasteiger partial charge in [-0.1, -0.05) is 24.3 Å². The highest BCUT2D eigenvalue weighted by atomic mass is 16.5. The van der Waals surface area contributed by atoms with Crippen LogP contribution in [0.4, 0.5) is 0 Å². The third kappa shape index (κ3) is 9.78. The van der Waals surface area contributed by atoms with Gasteiger partial charge in [0.05, 0.1) is 23.4 Å². The lowest BCUT2D eigenvalue weighted by molar-refractivity contribution is -0.128. The highest BCUT2D eigenvalue weighted by Gasteiger charge is 2.29. The summed E-state index contributed by atoms with van der Waals surface area (Å²) in [4.78, 5) is 0. The lowest BCUT2D eigenvalue weighted by Crippen LogP contribution is -2.37. The molecule has 0 aliphatic rings. The van der Waals surface area contributed by atoms with E-state index < -0.39 is 0 Å². The molecule has 0 heterocycles. The van der Waals surface area contributed by atoms with Crippen LogP contribution in [-0.2, 0) is 17.6 Å². The third-order valence-corrected chi connectivity index (χ3v) is 5.12. The summed E-state index contributed by atoms with van der Waals surface area (Å²) in [7, 11) is 0. The topological polar surface area (TPSA) is 27.7 Å². The lowest BCUT2D eigenvalue weighted by Gasteiger charge is -2.36. The first kappa shape index (κ1) is 25.3. The van der Waals surface area contributed by atoms with E-state index in [2.05, 4.69) is 91.8 Å². The SMILES string of the molecule is CC(C)Oc1cccc(CCC(C)(C)OC(C)(C)CCc2cccc(OC(C)C)c2)c1. The van der Waals surface area contributed by atoms with Crippen molar-refractivity contribution in [2.24, 2.45) is 0 Å². The summed E-state index contributed by atoms with van der Waals surface area (Å²) in [6, 6.07) is 16.8. The molecule has 0 N–H and O–H groups in total. The number of aryl methyl sites for hydroxylation is 2. The fraction of sp³-hybridized carbons (Fsp3) is 0.571. The fourth-order valence-corrected chi connectivity index (χ4v) is 3.83. The molecule has 0 aliphatic heterocycles. The second kappa shape index (κ2) is 11.0. The van der Waals surface area contributed by atoms with Crippen molar-refractivity contribution in [3.8, 4) is 11.5 Å². The van der Waals surface area contributed by atoms with E-state index in [1.54, 1.807) is 0 Å². The molecule has 0 bridgehead atoms. The van der Waals surface area contributed by atoms with Crippen molar-refractivity contribution in [3.05, 3.63) is 59.7 Å². The van der Waals surface area contributed by atoms with Crippen LogP contribution in [0.5, 0.6) is 11.5 Å². The summed E-state index contributed by atoms with van der Waals surface area (Å²) in [6.07, 6.45) is 4.22. The summed E-state index contributed by atoms with van der Waals surface area (Å²) < 4.78 is 18.3. The molecule has 0 amide bonds.